The van der Waals surface area contributed by atoms with Crippen LogP contribution in [0.4, 0.5) is 5.69 Å². The zero-order valence-electron chi connectivity index (χ0n) is 16.5. The molecule has 2 aromatic rings. The Morgan fingerprint density at radius 3 is 2.15 bits per heavy atom. The molecule has 0 saturated carbocycles. The highest BCUT2D eigenvalue weighted by Gasteiger charge is 2.22. The first-order chi connectivity index (χ1) is 12.5. The summed E-state index contributed by atoms with van der Waals surface area (Å²) in [7, 11) is -3.75. The van der Waals surface area contributed by atoms with Gasteiger partial charge in [-0.05, 0) is 47.2 Å². The third kappa shape index (κ3) is 5.57. The van der Waals surface area contributed by atoms with Crippen LogP contribution in [0.5, 0.6) is 0 Å². The van der Waals surface area contributed by atoms with Crippen molar-refractivity contribution >= 4 is 21.6 Å². The number of para-hydroxylation sites is 1. The molecule has 0 bridgehead atoms. The lowest BCUT2D eigenvalue weighted by atomic mass is 9.86. The minimum absolute atomic E-state index is 0.117. The molecule has 0 unspecified atom stereocenters. The van der Waals surface area contributed by atoms with Gasteiger partial charge in [-0.25, -0.2) is 8.42 Å². The highest BCUT2D eigenvalue weighted by atomic mass is 32.2. The van der Waals surface area contributed by atoms with Gasteiger partial charge in [-0.2, -0.15) is 0 Å². The number of nitrogens with one attached hydrogen (secondary N) is 2. The van der Waals surface area contributed by atoms with E-state index in [1.54, 1.807) is 12.1 Å². The monoisotopic (exact) mass is 388 g/mol. The third-order valence-electron chi connectivity index (χ3n) is 4.08. The van der Waals surface area contributed by atoms with Gasteiger partial charge in [0.05, 0.1) is 10.6 Å². The van der Waals surface area contributed by atoms with Crippen molar-refractivity contribution in [2.45, 2.75) is 44.9 Å². The molecule has 0 aliphatic rings. The molecule has 0 heterocycles. The molecular formula is C21H28N2O3S. The van der Waals surface area contributed by atoms with Crippen molar-refractivity contribution in [2.24, 2.45) is 5.92 Å². The van der Waals surface area contributed by atoms with E-state index < -0.39 is 10.0 Å². The minimum Gasteiger partial charge on any atom is -0.352 e. The average Bonchev–Trinajstić information content (AvgIpc) is 2.59. The first-order valence-electron chi connectivity index (χ1n) is 9.01. The molecule has 0 saturated heterocycles. The maximum absolute atomic E-state index is 12.8. The number of hydrogen-bond acceptors (Lipinski definition) is 3. The predicted molar refractivity (Wildman–Crippen MR) is 110 cm³/mol. The number of carbonyl (C=O) groups excluding carboxylic acids is 1. The molecule has 6 heteroatoms. The van der Waals surface area contributed by atoms with Crippen molar-refractivity contribution in [1.82, 2.24) is 5.32 Å². The van der Waals surface area contributed by atoms with Crippen LogP contribution in [0.2, 0.25) is 0 Å². The van der Waals surface area contributed by atoms with Gasteiger partial charge < -0.3 is 5.32 Å². The zero-order chi connectivity index (χ0) is 20.2. The summed E-state index contributed by atoms with van der Waals surface area (Å²) in [5, 5.41) is 2.82. The van der Waals surface area contributed by atoms with Gasteiger partial charge in [0.2, 0.25) is 0 Å². The number of anilines is 1. The molecule has 2 rings (SSSR count). The van der Waals surface area contributed by atoms with Crippen molar-refractivity contribution < 1.29 is 13.2 Å². The molecule has 27 heavy (non-hydrogen) atoms. The van der Waals surface area contributed by atoms with E-state index in [9.17, 15) is 13.2 Å². The number of benzene rings is 2. The zero-order valence-corrected chi connectivity index (χ0v) is 17.4. The Morgan fingerprint density at radius 2 is 1.59 bits per heavy atom. The Kier molecular flexibility index (Phi) is 6.31. The van der Waals surface area contributed by atoms with Crippen LogP contribution >= 0.6 is 0 Å². The lowest BCUT2D eigenvalue weighted by molar-refractivity contribution is 0.0949. The smallest absolute Gasteiger partial charge is 0.261 e. The first-order valence-corrected chi connectivity index (χ1v) is 10.5. The second-order valence-corrected chi connectivity index (χ2v) is 9.71. The van der Waals surface area contributed by atoms with Crippen LogP contribution < -0.4 is 10.0 Å². The molecule has 2 aromatic carbocycles. The second kappa shape index (κ2) is 8.13. The molecule has 0 spiro atoms. The lowest BCUT2D eigenvalue weighted by Crippen LogP contribution is -2.27. The Bertz CT molecular complexity index is 896. The quantitative estimate of drug-likeness (QED) is 0.780. The fraction of sp³-hybridized carbons (Fsp3) is 0.381. The summed E-state index contributed by atoms with van der Waals surface area (Å²) in [5.74, 6) is 0.138. The van der Waals surface area contributed by atoms with Crippen molar-refractivity contribution in [3.8, 4) is 0 Å². The van der Waals surface area contributed by atoms with E-state index in [4.69, 9.17) is 0 Å². The molecule has 2 N–H and O–H groups in total. The van der Waals surface area contributed by atoms with E-state index in [2.05, 4.69) is 10.0 Å². The van der Waals surface area contributed by atoms with E-state index in [-0.39, 0.29) is 16.2 Å². The number of hydrogen-bond donors (Lipinski definition) is 2. The Morgan fingerprint density at radius 1 is 1.00 bits per heavy atom. The molecule has 0 radical (unpaired) electrons. The number of carbonyl (C=O) groups is 1. The molecule has 0 atom stereocenters. The average molecular weight is 389 g/mol. The predicted octanol–water partition coefficient (Wildman–Crippen LogP) is 4.17. The maximum Gasteiger partial charge on any atom is 0.261 e. The van der Waals surface area contributed by atoms with E-state index in [1.165, 1.54) is 24.3 Å². The summed E-state index contributed by atoms with van der Waals surface area (Å²) in [5.41, 5.74) is 1.71. The summed E-state index contributed by atoms with van der Waals surface area (Å²) >= 11 is 0. The van der Waals surface area contributed by atoms with Gasteiger partial charge in [-0.1, -0.05) is 52.8 Å². The molecule has 5 nitrogen and oxygen atoms in total. The van der Waals surface area contributed by atoms with Crippen LogP contribution in [0.15, 0.2) is 53.4 Å². The lowest BCUT2D eigenvalue weighted by Gasteiger charge is -2.23. The van der Waals surface area contributed by atoms with Crippen molar-refractivity contribution in [2.75, 3.05) is 11.3 Å². The van der Waals surface area contributed by atoms with Crippen LogP contribution in [0.25, 0.3) is 0 Å². The molecule has 0 aromatic heterocycles. The van der Waals surface area contributed by atoms with Crippen LogP contribution in [0, 0.1) is 5.92 Å². The fourth-order valence-electron chi connectivity index (χ4n) is 2.61. The van der Waals surface area contributed by atoms with Gasteiger partial charge in [0, 0.05) is 12.1 Å². The molecule has 0 aliphatic carbocycles. The van der Waals surface area contributed by atoms with Gasteiger partial charge in [-0.15, -0.1) is 0 Å². The molecule has 0 aliphatic heterocycles. The van der Waals surface area contributed by atoms with Gasteiger partial charge >= 0.3 is 0 Å². The van der Waals surface area contributed by atoms with Gasteiger partial charge in [-0.3, -0.25) is 9.52 Å². The van der Waals surface area contributed by atoms with Crippen LogP contribution in [-0.2, 0) is 15.4 Å². The number of rotatable bonds is 6. The number of amides is 1. The molecule has 1 amide bonds. The van der Waals surface area contributed by atoms with Gasteiger partial charge in [0.25, 0.3) is 15.9 Å². The van der Waals surface area contributed by atoms with Crippen LogP contribution in [-0.4, -0.2) is 20.9 Å². The van der Waals surface area contributed by atoms with E-state index >= 15 is 0 Å². The van der Waals surface area contributed by atoms with E-state index in [0.717, 1.165) is 5.56 Å². The summed E-state index contributed by atoms with van der Waals surface area (Å²) in [6.07, 6.45) is 0. The highest BCUT2D eigenvalue weighted by molar-refractivity contribution is 7.92. The Labute approximate surface area is 162 Å². The second-order valence-electron chi connectivity index (χ2n) is 8.03. The van der Waals surface area contributed by atoms with Crippen molar-refractivity contribution in [3.63, 3.8) is 0 Å². The first kappa shape index (κ1) is 21.0. The summed E-state index contributed by atoms with van der Waals surface area (Å²) in [4.78, 5) is 12.2. The standard InChI is InChI=1S/C21H28N2O3S/c1-15(2)14-22-20(24)16-10-12-17(13-11-16)27(25,26)23-19-9-7-6-8-18(19)21(3,4)5/h6-13,15,23H,14H2,1-5H3,(H,22,24). The largest absolute Gasteiger partial charge is 0.352 e. The van der Waals surface area contributed by atoms with Crippen molar-refractivity contribution in [1.29, 1.82) is 0 Å². The number of sulfonamides is 1. The summed E-state index contributed by atoms with van der Waals surface area (Å²) < 4.78 is 28.2. The highest BCUT2D eigenvalue weighted by Crippen LogP contribution is 2.30. The molecule has 0 fully saturated rings. The van der Waals surface area contributed by atoms with E-state index in [1.807, 2.05) is 46.8 Å². The van der Waals surface area contributed by atoms with Crippen molar-refractivity contribution in [3.05, 3.63) is 59.7 Å². The summed E-state index contributed by atoms with van der Waals surface area (Å²) in [6, 6.07) is 13.3. The van der Waals surface area contributed by atoms with Crippen LogP contribution in [0.1, 0.15) is 50.5 Å². The maximum atomic E-state index is 12.8. The molecule has 146 valence electrons. The minimum atomic E-state index is -3.75. The molecular weight excluding hydrogens is 360 g/mol. The van der Waals surface area contributed by atoms with E-state index in [0.29, 0.717) is 23.7 Å². The van der Waals surface area contributed by atoms with Gasteiger partial charge in [0.1, 0.15) is 0 Å². The SMILES string of the molecule is CC(C)CNC(=O)c1ccc(S(=O)(=O)Nc2ccccc2C(C)(C)C)cc1. The topological polar surface area (TPSA) is 75.3 Å². The Balaban J connectivity index is 2.22. The fourth-order valence-corrected chi connectivity index (χ4v) is 3.69. The van der Waals surface area contributed by atoms with Crippen LogP contribution in [0.3, 0.4) is 0 Å². The third-order valence-corrected chi connectivity index (χ3v) is 5.46. The van der Waals surface area contributed by atoms with Gasteiger partial charge in [0.15, 0.2) is 0 Å². The Hall–Kier alpha value is -2.34. The summed E-state index contributed by atoms with van der Waals surface area (Å²) in [6.45, 7) is 10.7. The normalized spacial score (nSPS) is 12.1.